The van der Waals surface area contributed by atoms with Crippen LogP contribution in [-0.4, -0.2) is 26.2 Å². The molecule has 0 aliphatic rings. The quantitative estimate of drug-likeness (QED) is 0.397. The van der Waals surface area contributed by atoms with Gasteiger partial charge in [0, 0.05) is 12.4 Å². The van der Waals surface area contributed by atoms with Crippen LogP contribution in [0.3, 0.4) is 0 Å². The van der Waals surface area contributed by atoms with E-state index in [0.717, 1.165) is 21.0 Å². The topological polar surface area (TPSA) is 87.3 Å². The number of ether oxygens (including phenoxy) is 1. The second-order valence-corrected chi connectivity index (χ2v) is 8.60. The highest BCUT2D eigenvalue weighted by Gasteiger charge is 2.22. The lowest BCUT2D eigenvalue weighted by molar-refractivity contribution is -0.116. The molecule has 1 N–H and O–H groups in total. The zero-order valence-electron chi connectivity index (χ0n) is 20.3. The summed E-state index contributed by atoms with van der Waals surface area (Å²) in [5.74, 6) is 0.134. The van der Waals surface area contributed by atoms with Gasteiger partial charge in [-0.25, -0.2) is 9.36 Å². The van der Waals surface area contributed by atoms with Gasteiger partial charge in [-0.15, -0.1) is 0 Å². The van der Waals surface area contributed by atoms with Crippen molar-refractivity contribution in [3.05, 3.63) is 99.2 Å². The number of nitrogens with one attached hydrogen (secondary N) is 1. The van der Waals surface area contributed by atoms with Crippen molar-refractivity contribution in [3.63, 3.8) is 0 Å². The minimum Gasteiger partial charge on any atom is -0.492 e. The maximum absolute atomic E-state index is 13.8. The normalized spacial score (nSPS) is 11.2. The lowest BCUT2D eigenvalue weighted by Crippen LogP contribution is -2.41. The van der Waals surface area contributed by atoms with Crippen LogP contribution < -0.4 is 21.3 Å². The van der Waals surface area contributed by atoms with Crippen molar-refractivity contribution in [2.45, 2.75) is 20.4 Å². The molecule has 3 aromatic carbocycles. The zero-order chi connectivity index (χ0) is 25.4. The first-order valence-electron chi connectivity index (χ1n) is 11.7. The number of nitrogens with zero attached hydrogens (tertiary/aromatic N) is 3. The molecule has 0 spiro atoms. The minimum absolute atomic E-state index is 0.282. The van der Waals surface area contributed by atoms with Gasteiger partial charge in [0.25, 0.3) is 5.56 Å². The summed E-state index contributed by atoms with van der Waals surface area (Å²) in [6, 6.07) is 21.7. The third-order valence-corrected chi connectivity index (χ3v) is 6.20. The summed E-state index contributed by atoms with van der Waals surface area (Å²) >= 11 is 0. The molecule has 0 unspecified atom stereocenters. The van der Waals surface area contributed by atoms with E-state index >= 15 is 0 Å². The second-order valence-electron chi connectivity index (χ2n) is 8.60. The molecule has 182 valence electrons. The summed E-state index contributed by atoms with van der Waals surface area (Å²) in [4.78, 5) is 40.8. The molecule has 0 aliphatic carbocycles. The number of fused-ring (bicyclic) bond motifs is 3. The Kier molecular flexibility index (Phi) is 5.93. The Morgan fingerprint density at radius 2 is 1.67 bits per heavy atom. The monoisotopic (exact) mass is 482 g/mol. The molecule has 5 rings (SSSR count). The fourth-order valence-electron chi connectivity index (χ4n) is 4.60. The molecule has 0 radical (unpaired) electrons. The molecule has 1 amide bonds. The van der Waals surface area contributed by atoms with Crippen molar-refractivity contribution in [1.29, 1.82) is 0 Å². The Hall–Kier alpha value is -4.59. The Balaban J connectivity index is 1.74. The standard InChI is InChI=1S/C28H26N4O4/c1-4-36-23-13-9-8-12-21(23)29-24(33)17-31-25-20-16-18(2)14-15-22(20)30(3)26(25)27(34)32(28(31)35)19-10-6-5-7-11-19/h5-16H,4,17H2,1-3H3,(H,29,33). The molecule has 8 nitrogen and oxygen atoms in total. The van der Waals surface area contributed by atoms with Crippen LogP contribution in [0.15, 0.2) is 82.4 Å². The van der Waals surface area contributed by atoms with Crippen LogP contribution in [0.5, 0.6) is 5.75 Å². The van der Waals surface area contributed by atoms with Crippen molar-refractivity contribution in [2.24, 2.45) is 7.05 Å². The van der Waals surface area contributed by atoms with Gasteiger partial charge in [0.2, 0.25) is 5.91 Å². The maximum atomic E-state index is 13.8. The number of aryl methyl sites for hydroxylation is 2. The smallest absolute Gasteiger partial charge is 0.336 e. The van der Waals surface area contributed by atoms with Crippen molar-refractivity contribution in [3.8, 4) is 11.4 Å². The van der Waals surface area contributed by atoms with Crippen LogP contribution in [0.1, 0.15) is 12.5 Å². The third-order valence-electron chi connectivity index (χ3n) is 6.20. The van der Waals surface area contributed by atoms with Gasteiger partial charge in [0.05, 0.1) is 29.0 Å². The predicted molar refractivity (Wildman–Crippen MR) is 141 cm³/mol. The highest BCUT2D eigenvalue weighted by atomic mass is 16.5. The Bertz CT molecular complexity index is 1730. The van der Waals surface area contributed by atoms with Gasteiger partial charge in [-0.1, -0.05) is 42.0 Å². The molecule has 5 aromatic rings. The second kappa shape index (κ2) is 9.22. The van der Waals surface area contributed by atoms with E-state index in [1.54, 1.807) is 54.1 Å². The molecular weight excluding hydrogens is 456 g/mol. The molecule has 0 aliphatic heterocycles. The molecule has 2 aromatic heterocycles. The zero-order valence-corrected chi connectivity index (χ0v) is 20.3. The first-order valence-corrected chi connectivity index (χ1v) is 11.7. The molecule has 0 saturated carbocycles. The summed E-state index contributed by atoms with van der Waals surface area (Å²) in [6.45, 7) is 3.98. The summed E-state index contributed by atoms with van der Waals surface area (Å²) in [5, 5.41) is 3.60. The predicted octanol–water partition coefficient (Wildman–Crippen LogP) is 3.99. The van der Waals surface area contributed by atoms with Crippen LogP contribution >= 0.6 is 0 Å². The number of benzene rings is 3. The number of para-hydroxylation sites is 3. The lowest BCUT2D eigenvalue weighted by Gasteiger charge is -2.15. The number of aromatic nitrogens is 3. The van der Waals surface area contributed by atoms with Gasteiger partial charge in [0.1, 0.15) is 17.8 Å². The van der Waals surface area contributed by atoms with Crippen molar-refractivity contribution >= 4 is 33.5 Å². The van der Waals surface area contributed by atoms with E-state index < -0.39 is 17.2 Å². The largest absolute Gasteiger partial charge is 0.492 e. The van der Waals surface area contributed by atoms with E-state index in [9.17, 15) is 14.4 Å². The number of anilines is 1. The summed E-state index contributed by atoms with van der Waals surface area (Å²) in [5.41, 5.74) is 2.50. The highest BCUT2D eigenvalue weighted by molar-refractivity contribution is 6.06. The van der Waals surface area contributed by atoms with Gasteiger partial charge in [-0.2, -0.15) is 0 Å². The number of carbonyl (C=O) groups excluding carboxylic acids is 1. The highest BCUT2D eigenvalue weighted by Crippen LogP contribution is 2.27. The Morgan fingerprint density at radius 1 is 0.944 bits per heavy atom. The van der Waals surface area contributed by atoms with E-state index in [0.29, 0.717) is 34.8 Å². The average Bonchev–Trinajstić information content (AvgIpc) is 3.15. The first-order chi connectivity index (χ1) is 17.4. The molecule has 0 bridgehead atoms. The fraction of sp³-hybridized carbons (Fsp3) is 0.179. The molecule has 8 heteroatoms. The number of carbonyl (C=O) groups is 1. The van der Waals surface area contributed by atoms with Gasteiger partial charge in [-0.05, 0) is 50.2 Å². The fourth-order valence-corrected chi connectivity index (χ4v) is 4.60. The minimum atomic E-state index is -0.582. The van der Waals surface area contributed by atoms with Gasteiger partial charge < -0.3 is 14.6 Å². The molecular formula is C28H26N4O4. The number of rotatable bonds is 6. The Labute approximate surface area is 207 Å². The molecule has 2 heterocycles. The maximum Gasteiger partial charge on any atom is 0.336 e. The van der Waals surface area contributed by atoms with E-state index in [1.807, 2.05) is 44.2 Å². The van der Waals surface area contributed by atoms with Crippen molar-refractivity contribution in [2.75, 3.05) is 11.9 Å². The first kappa shape index (κ1) is 23.2. The van der Waals surface area contributed by atoms with Crippen molar-refractivity contribution in [1.82, 2.24) is 13.7 Å². The van der Waals surface area contributed by atoms with E-state index in [1.165, 1.54) is 4.57 Å². The van der Waals surface area contributed by atoms with Crippen LogP contribution in [0.4, 0.5) is 5.69 Å². The summed E-state index contributed by atoms with van der Waals surface area (Å²) < 4.78 is 9.90. The Morgan fingerprint density at radius 3 is 2.42 bits per heavy atom. The number of hydrogen-bond acceptors (Lipinski definition) is 4. The molecule has 0 fully saturated rings. The van der Waals surface area contributed by atoms with Crippen molar-refractivity contribution < 1.29 is 9.53 Å². The van der Waals surface area contributed by atoms with Gasteiger partial charge in [-0.3, -0.25) is 14.2 Å². The molecule has 0 saturated heterocycles. The van der Waals surface area contributed by atoms with Crippen LogP contribution in [0, 0.1) is 6.92 Å². The number of hydrogen-bond donors (Lipinski definition) is 1. The van der Waals surface area contributed by atoms with Crippen LogP contribution in [0.25, 0.3) is 27.6 Å². The van der Waals surface area contributed by atoms with Gasteiger partial charge >= 0.3 is 5.69 Å². The average molecular weight is 483 g/mol. The van der Waals surface area contributed by atoms with E-state index in [2.05, 4.69) is 5.32 Å². The lowest BCUT2D eigenvalue weighted by atomic mass is 10.1. The van der Waals surface area contributed by atoms with Crippen LogP contribution in [-0.2, 0) is 18.4 Å². The SMILES string of the molecule is CCOc1ccccc1NC(=O)Cn1c(=O)n(-c2ccccc2)c(=O)c2c1c1cc(C)ccc1n2C. The van der Waals surface area contributed by atoms with Crippen LogP contribution in [0.2, 0.25) is 0 Å². The number of amides is 1. The van der Waals surface area contributed by atoms with Gasteiger partial charge in [0.15, 0.2) is 0 Å². The van der Waals surface area contributed by atoms with E-state index in [4.69, 9.17) is 4.74 Å². The molecule has 36 heavy (non-hydrogen) atoms. The summed E-state index contributed by atoms with van der Waals surface area (Å²) in [7, 11) is 1.80. The molecule has 0 atom stereocenters. The summed E-state index contributed by atoms with van der Waals surface area (Å²) in [6.07, 6.45) is 0. The third kappa shape index (κ3) is 3.86. The van der Waals surface area contributed by atoms with E-state index in [-0.39, 0.29) is 6.54 Å².